The average Bonchev–Trinajstić information content (AvgIpc) is 3.53. The zero-order valence-electron chi connectivity index (χ0n) is 18.9. The van der Waals surface area contributed by atoms with Gasteiger partial charge in [0.2, 0.25) is 0 Å². The number of nitrogens with two attached hydrogens (primary N) is 1. The number of rotatable bonds is 5. The van der Waals surface area contributed by atoms with E-state index in [1.165, 1.54) is 12.0 Å². The molecule has 1 saturated heterocycles. The number of aromatic nitrogens is 5. The summed E-state index contributed by atoms with van der Waals surface area (Å²) in [5, 5.41) is 7.75. The van der Waals surface area contributed by atoms with Gasteiger partial charge in [0.15, 0.2) is 11.6 Å². The Kier molecular flexibility index (Phi) is 5.35. The first-order valence-corrected chi connectivity index (χ1v) is 11.3. The SMILES string of the molecule is CCNC(=O)N1CC[C@@]2(CCn3nc(-c4cnc(N)c(OC(C)c5cncnc5)c4)cc32)C1. The first kappa shape index (κ1) is 21.2. The van der Waals surface area contributed by atoms with E-state index in [1.54, 1.807) is 18.6 Å². The van der Waals surface area contributed by atoms with Gasteiger partial charge in [0.05, 0.1) is 5.69 Å². The standard InChI is InChI=1S/C23H28N8O2/c1-3-27-22(32)30-6-4-23(13-30)5-7-31-20(23)9-18(29-31)16-8-19(21(24)28-12-16)33-15(2)17-10-25-14-26-11-17/h8-12,14-15H,3-7,13H2,1-2H3,(H2,24,28)(H,27,32)/t15?,23-/m1/s1. The molecular formula is C23H28N8O2. The van der Waals surface area contributed by atoms with Crippen LogP contribution in [0.1, 0.15) is 44.1 Å². The maximum absolute atomic E-state index is 12.3. The van der Waals surface area contributed by atoms with Crippen molar-refractivity contribution in [1.29, 1.82) is 0 Å². The van der Waals surface area contributed by atoms with Crippen LogP contribution in [0.4, 0.5) is 10.6 Å². The average molecular weight is 449 g/mol. The van der Waals surface area contributed by atoms with Gasteiger partial charge in [-0.05, 0) is 38.8 Å². The molecule has 10 nitrogen and oxygen atoms in total. The second-order valence-electron chi connectivity index (χ2n) is 8.71. The van der Waals surface area contributed by atoms with Crippen LogP contribution in [0.15, 0.2) is 37.1 Å². The number of nitrogens with zero attached hydrogens (tertiary/aromatic N) is 6. The number of carbonyl (C=O) groups excluding carboxylic acids is 1. The van der Waals surface area contributed by atoms with Gasteiger partial charge in [-0.1, -0.05) is 0 Å². The third-order valence-electron chi connectivity index (χ3n) is 6.63. The lowest BCUT2D eigenvalue weighted by atomic mass is 9.82. The Bertz CT molecular complexity index is 1160. The molecular weight excluding hydrogens is 420 g/mol. The van der Waals surface area contributed by atoms with E-state index in [2.05, 4.69) is 31.0 Å². The highest BCUT2D eigenvalue weighted by atomic mass is 16.5. The lowest BCUT2D eigenvalue weighted by molar-refractivity contribution is 0.206. The Morgan fingerprint density at radius 3 is 2.82 bits per heavy atom. The van der Waals surface area contributed by atoms with Gasteiger partial charge in [0, 0.05) is 67.0 Å². The molecule has 0 aromatic carbocycles. The number of pyridine rings is 1. The Hall–Kier alpha value is -3.69. The van der Waals surface area contributed by atoms with Crippen LogP contribution in [-0.4, -0.2) is 55.3 Å². The first-order chi connectivity index (χ1) is 16.0. The number of fused-ring (bicyclic) bond motifs is 2. The van der Waals surface area contributed by atoms with Crippen molar-refractivity contribution in [3.63, 3.8) is 0 Å². The minimum atomic E-state index is -0.278. The molecule has 0 saturated carbocycles. The number of carbonyl (C=O) groups is 1. The Morgan fingerprint density at radius 1 is 1.24 bits per heavy atom. The molecule has 3 N–H and O–H groups in total. The number of ether oxygens (including phenoxy) is 1. The predicted octanol–water partition coefficient (Wildman–Crippen LogP) is 2.53. The van der Waals surface area contributed by atoms with E-state index in [1.807, 2.05) is 24.8 Å². The van der Waals surface area contributed by atoms with Crippen molar-refractivity contribution in [3.8, 4) is 17.0 Å². The quantitative estimate of drug-likeness (QED) is 0.614. The molecule has 5 rings (SSSR count). The molecule has 0 radical (unpaired) electrons. The molecule has 1 unspecified atom stereocenters. The first-order valence-electron chi connectivity index (χ1n) is 11.3. The Morgan fingerprint density at radius 2 is 2.03 bits per heavy atom. The number of anilines is 1. The fraction of sp³-hybridized carbons (Fsp3) is 0.435. The van der Waals surface area contributed by atoms with E-state index >= 15 is 0 Å². The number of aryl methyl sites for hydroxylation is 1. The molecule has 2 aliphatic heterocycles. The van der Waals surface area contributed by atoms with Crippen molar-refractivity contribution in [3.05, 3.63) is 48.3 Å². The van der Waals surface area contributed by atoms with Crippen molar-refractivity contribution < 1.29 is 9.53 Å². The third kappa shape index (κ3) is 3.85. The topological polar surface area (TPSA) is 124 Å². The number of hydrogen-bond donors (Lipinski definition) is 2. The zero-order chi connectivity index (χ0) is 23.0. The van der Waals surface area contributed by atoms with Crippen molar-refractivity contribution in [2.75, 3.05) is 25.4 Å². The number of nitrogen functional groups attached to an aromatic ring is 1. The van der Waals surface area contributed by atoms with Crippen molar-refractivity contribution in [1.82, 2.24) is 34.9 Å². The van der Waals surface area contributed by atoms with Gasteiger partial charge in [-0.2, -0.15) is 5.10 Å². The highest BCUT2D eigenvalue weighted by Crippen LogP contribution is 2.44. The summed E-state index contributed by atoms with van der Waals surface area (Å²) in [5.41, 5.74) is 9.75. The van der Waals surface area contributed by atoms with Crippen molar-refractivity contribution >= 4 is 11.8 Å². The summed E-state index contributed by atoms with van der Waals surface area (Å²) in [6.07, 6.45) is 8.30. The monoisotopic (exact) mass is 448 g/mol. The predicted molar refractivity (Wildman–Crippen MR) is 123 cm³/mol. The summed E-state index contributed by atoms with van der Waals surface area (Å²) in [5.74, 6) is 0.814. The van der Waals surface area contributed by atoms with Crippen LogP contribution in [0.2, 0.25) is 0 Å². The molecule has 10 heteroatoms. The van der Waals surface area contributed by atoms with Gasteiger partial charge in [-0.3, -0.25) is 4.68 Å². The van der Waals surface area contributed by atoms with Crippen LogP contribution in [-0.2, 0) is 12.0 Å². The van der Waals surface area contributed by atoms with Gasteiger partial charge in [0.25, 0.3) is 0 Å². The summed E-state index contributed by atoms with van der Waals surface area (Å²) < 4.78 is 8.14. The molecule has 1 spiro atoms. The fourth-order valence-corrected chi connectivity index (χ4v) is 4.79. The van der Waals surface area contributed by atoms with Crippen LogP contribution in [0.3, 0.4) is 0 Å². The molecule has 2 atom stereocenters. The number of hydrogen-bond acceptors (Lipinski definition) is 7. The van der Waals surface area contributed by atoms with Gasteiger partial charge in [-0.15, -0.1) is 0 Å². The maximum atomic E-state index is 12.3. The van der Waals surface area contributed by atoms with Crippen LogP contribution in [0, 0.1) is 0 Å². The summed E-state index contributed by atoms with van der Waals surface area (Å²) in [4.78, 5) is 26.7. The van der Waals surface area contributed by atoms with E-state index in [9.17, 15) is 4.79 Å². The van der Waals surface area contributed by atoms with E-state index in [-0.39, 0.29) is 17.6 Å². The smallest absolute Gasteiger partial charge is 0.317 e. The van der Waals surface area contributed by atoms with Crippen LogP contribution >= 0.6 is 0 Å². The van der Waals surface area contributed by atoms with E-state index in [0.29, 0.717) is 18.1 Å². The van der Waals surface area contributed by atoms with Crippen LogP contribution < -0.4 is 15.8 Å². The minimum absolute atomic E-state index is 0.00928. The highest BCUT2D eigenvalue weighted by molar-refractivity contribution is 5.75. The maximum Gasteiger partial charge on any atom is 0.317 e. The summed E-state index contributed by atoms with van der Waals surface area (Å²) in [6.45, 7) is 6.81. The summed E-state index contributed by atoms with van der Waals surface area (Å²) in [6, 6.07) is 4.01. The van der Waals surface area contributed by atoms with E-state index in [0.717, 1.165) is 49.3 Å². The summed E-state index contributed by atoms with van der Waals surface area (Å²) >= 11 is 0. The normalized spacial score (nSPS) is 20.1. The van der Waals surface area contributed by atoms with E-state index < -0.39 is 0 Å². The van der Waals surface area contributed by atoms with Gasteiger partial charge < -0.3 is 20.7 Å². The molecule has 3 aromatic rings. The Balaban J connectivity index is 1.38. The molecule has 2 aliphatic rings. The van der Waals surface area contributed by atoms with Crippen LogP contribution in [0.5, 0.6) is 5.75 Å². The second kappa shape index (κ2) is 8.34. The molecule has 3 aromatic heterocycles. The number of likely N-dealkylation sites (tertiary alicyclic amines) is 1. The van der Waals surface area contributed by atoms with Gasteiger partial charge in [0.1, 0.15) is 12.4 Å². The van der Waals surface area contributed by atoms with Crippen molar-refractivity contribution in [2.24, 2.45) is 0 Å². The number of urea groups is 1. The third-order valence-corrected chi connectivity index (χ3v) is 6.63. The van der Waals surface area contributed by atoms with Gasteiger partial charge in [-0.25, -0.2) is 19.7 Å². The lowest BCUT2D eigenvalue weighted by Gasteiger charge is -2.23. The largest absolute Gasteiger partial charge is 0.482 e. The van der Waals surface area contributed by atoms with Gasteiger partial charge >= 0.3 is 6.03 Å². The molecule has 1 fully saturated rings. The van der Waals surface area contributed by atoms with Crippen molar-refractivity contribution in [2.45, 2.75) is 44.8 Å². The summed E-state index contributed by atoms with van der Waals surface area (Å²) in [7, 11) is 0. The lowest BCUT2D eigenvalue weighted by Crippen LogP contribution is -2.40. The number of amides is 2. The molecule has 0 bridgehead atoms. The second-order valence-corrected chi connectivity index (χ2v) is 8.71. The Labute approximate surface area is 192 Å². The zero-order valence-corrected chi connectivity index (χ0v) is 18.9. The number of nitrogens with one attached hydrogen (secondary N) is 1. The molecule has 172 valence electrons. The molecule has 5 heterocycles. The van der Waals surface area contributed by atoms with Crippen LogP contribution in [0.25, 0.3) is 11.3 Å². The molecule has 0 aliphatic carbocycles. The minimum Gasteiger partial charge on any atom is -0.482 e. The molecule has 2 amide bonds. The molecule has 33 heavy (non-hydrogen) atoms. The highest BCUT2D eigenvalue weighted by Gasteiger charge is 2.46. The van der Waals surface area contributed by atoms with E-state index in [4.69, 9.17) is 15.6 Å². The fourth-order valence-electron chi connectivity index (χ4n) is 4.79.